The highest BCUT2D eigenvalue weighted by atomic mass is 16.5. The minimum absolute atomic E-state index is 0.475. The van der Waals surface area contributed by atoms with E-state index in [1.165, 1.54) is 5.56 Å². The number of aryl methyl sites for hydroxylation is 1. The summed E-state index contributed by atoms with van der Waals surface area (Å²) in [6.07, 6.45) is 5.99. The van der Waals surface area contributed by atoms with E-state index in [0.29, 0.717) is 6.04 Å². The van der Waals surface area contributed by atoms with Gasteiger partial charge in [0.2, 0.25) is 0 Å². The Kier molecular flexibility index (Phi) is 6.35. The molecule has 1 atom stereocenters. The van der Waals surface area contributed by atoms with Crippen LogP contribution in [0.15, 0.2) is 47.1 Å². The van der Waals surface area contributed by atoms with Crippen LogP contribution in [0.3, 0.4) is 0 Å². The molecule has 1 aromatic heterocycles. The molecule has 0 aliphatic carbocycles. The van der Waals surface area contributed by atoms with Gasteiger partial charge >= 0.3 is 0 Å². The van der Waals surface area contributed by atoms with E-state index < -0.39 is 0 Å². The van der Waals surface area contributed by atoms with E-state index in [-0.39, 0.29) is 0 Å². The second-order valence-corrected chi connectivity index (χ2v) is 5.32. The van der Waals surface area contributed by atoms with Crippen molar-refractivity contribution in [2.45, 2.75) is 38.6 Å². The Bertz CT molecular complexity index is 490. The van der Waals surface area contributed by atoms with Crippen LogP contribution in [0.1, 0.15) is 31.1 Å². The Labute approximate surface area is 127 Å². The maximum absolute atomic E-state index is 5.42. The highest BCUT2D eigenvalue weighted by Crippen LogP contribution is 2.15. The van der Waals surface area contributed by atoms with E-state index in [9.17, 15) is 0 Å². The SMILES string of the molecule is CCCNC(CCc1ccco1)Cc1ccc(OC)cc1. The molecule has 0 saturated carbocycles. The first-order chi connectivity index (χ1) is 10.3. The monoisotopic (exact) mass is 287 g/mol. The van der Waals surface area contributed by atoms with Crippen molar-refractivity contribution in [3.8, 4) is 5.75 Å². The Morgan fingerprint density at radius 3 is 2.62 bits per heavy atom. The largest absolute Gasteiger partial charge is 0.497 e. The summed E-state index contributed by atoms with van der Waals surface area (Å²) in [6, 6.07) is 12.8. The fraction of sp³-hybridized carbons (Fsp3) is 0.444. The number of rotatable bonds is 9. The number of furan rings is 1. The Hall–Kier alpha value is -1.74. The molecule has 0 spiro atoms. The third-order valence-corrected chi connectivity index (χ3v) is 3.64. The highest BCUT2D eigenvalue weighted by Gasteiger charge is 2.10. The van der Waals surface area contributed by atoms with Crippen LogP contribution in [0.25, 0.3) is 0 Å². The minimum atomic E-state index is 0.475. The van der Waals surface area contributed by atoms with Gasteiger partial charge in [-0.25, -0.2) is 0 Å². The predicted molar refractivity (Wildman–Crippen MR) is 85.8 cm³/mol. The molecule has 0 amide bonds. The highest BCUT2D eigenvalue weighted by molar-refractivity contribution is 5.27. The summed E-state index contributed by atoms with van der Waals surface area (Å²) in [4.78, 5) is 0. The van der Waals surface area contributed by atoms with E-state index in [1.807, 2.05) is 24.3 Å². The van der Waals surface area contributed by atoms with Crippen molar-refractivity contribution in [3.63, 3.8) is 0 Å². The number of ether oxygens (including phenoxy) is 1. The molecular weight excluding hydrogens is 262 g/mol. The van der Waals surface area contributed by atoms with Crippen LogP contribution in [-0.2, 0) is 12.8 Å². The minimum Gasteiger partial charge on any atom is -0.497 e. The molecule has 3 heteroatoms. The zero-order valence-electron chi connectivity index (χ0n) is 13.0. The van der Waals surface area contributed by atoms with E-state index in [4.69, 9.17) is 9.15 Å². The molecule has 1 heterocycles. The average molecular weight is 287 g/mol. The summed E-state index contributed by atoms with van der Waals surface area (Å²) in [6.45, 7) is 3.25. The van der Waals surface area contributed by atoms with Gasteiger partial charge in [-0.2, -0.15) is 0 Å². The Morgan fingerprint density at radius 1 is 1.19 bits per heavy atom. The second-order valence-electron chi connectivity index (χ2n) is 5.32. The van der Waals surface area contributed by atoms with E-state index in [0.717, 1.165) is 43.7 Å². The lowest BCUT2D eigenvalue weighted by Gasteiger charge is -2.18. The van der Waals surface area contributed by atoms with Gasteiger partial charge in [0.05, 0.1) is 13.4 Å². The fourth-order valence-corrected chi connectivity index (χ4v) is 2.44. The summed E-state index contributed by atoms with van der Waals surface area (Å²) >= 11 is 0. The Balaban J connectivity index is 1.90. The van der Waals surface area contributed by atoms with Crippen LogP contribution in [0.4, 0.5) is 0 Å². The number of hydrogen-bond donors (Lipinski definition) is 1. The molecular formula is C18H25NO2. The first-order valence-electron chi connectivity index (χ1n) is 7.70. The summed E-state index contributed by atoms with van der Waals surface area (Å²) in [5.74, 6) is 1.97. The summed E-state index contributed by atoms with van der Waals surface area (Å²) in [5.41, 5.74) is 1.34. The smallest absolute Gasteiger partial charge is 0.118 e. The summed E-state index contributed by atoms with van der Waals surface area (Å²) in [5, 5.41) is 3.64. The van der Waals surface area contributed by atoms with Crippen LogP contribution in [-0.4, -0.2) is 19.7 Å². The van der Waals surface area contributed by atoms with Crippen molar-refractivity contribution in [1.29, 1.82) is 0 Å². The third kappa shape index (κ3) is 5.27. The van der Waals surface area contributed by atoms with Gasteiger partial charge in [0, 0.05) is 12.5 Å². The van der Waals surface area contributed by atoms with Crippen LogP contribution < -0.4 is 10.1 Å². The van der Waals surface area contributed by atoms with Crippen molar-refractivity contribution in [2.75, 3.05) is 13.7 Å². The maximum Gasteiger partial charge on any atom is 0.118 e. The lowest BCUT2D eigenvalue weighted by molar-refractivity contribution is 0.414. The van der Waals surface area contributed by atoms with Crippen LogP contribution >= 0.6 is 0 Å². The van der Waals surface area contributed by atoms with E-state index >= 15 is 0 Å². The van der Waals surface area contributed by atoms with E-state index in [2.05, 4.69) is 24.4 Å². The molecule has 1 aromatic carbocycles. The van der Waals surface area contributed by atoms with Gasteiger partial charge < -0.3 is 14.5 Å². The molecule has 0 saturated heterocycles. The van der Waals surface area contributed by atoms with Crippen LogP contribution in [0.2, 0.25) is 0 Å². The third-order valence-electron chi connectivity index (χ3n) is 3.64. The van der Waals surface area contributed by atoms with Crippen LogP contribution in [0.5, 0.6) is 5.75 Å². The quantitative estimate of drug-likeness (QED) is 0.761. The number of nitrogens with one attached hydrogen (secondary N) is 1. The molecule has 0 aliphatic heterocycles. The molecule has 21 heavy (non-hydrogen) atoms. The lowest BCUT2D eigenvalue weighted by atomic mass is 10.0. The van der Waals surface area contributed by atoms with Crippen molar-refractivity contribution in [2.24, 2.45) is 0 Å². The Morgan fingerprint density at radius 2 is 2.00 bits per heavy atom. The molecule has 2 rings (SSSR count). The molecule has 0 fully saturated rings. The average Bonchev–Trinajstić information content (AvgIpc) is 3.04. The maximum atomic E-state index is 5.42. The number of methoxy groups -OCH3 is 1. The van der Waals surface area contributed by atoms with Gasteiger partial charge in [-0.05, 0) is 55.6 Å². The molecule has 2 aromatic rings. The van der Waals surface area contributed by atoms with E-state index in [1.54, 1.807) is 13.4 Å². The van der Waals surface area contributed by atoms with Gasteiger partial charge in [-0.1, -0.05) is 19.1 Å². The molecule has 0 bridgehead atoms. The molecule has 114 valence electrons. The van der Waals surface area contributed by atoms with Crippen molar-refractivity contribution in [3.05, 3.63) is 54.0 Å². The standard InChI is InChI=1S/C18H25NO2/c1-3-12-19-16(8-11-18-5-4-13-21-18)14-15-6-9-17(20-2)10-7-15/h4-7,9-10,13,16,19H,3,8,11-12,14H2,1-2H3. The molecule has 1 unspecified atom stereocenters. The molecule has 3 nitrogen and oxygen atoms in total. The van der Waals surface area contributed by atoms with Gasteiger partial charge in [0.1, 0.15) is 11.5 Å². The fourth-order valence-electron chi connectivity index (χ4n) is 2.44. The first-order valence-corrected chi connectivity index (χ1v) is 7.70. The summed E-state index contributed by atoms with van der Waals surface area (Å²) < 4.78 is 10.6. The molecule has 0 radical (unpaired) electrons. The van der Waals surface area contributed by atoms with Gasteiger partial charge in [-0.15, -0.1) is 0 Å². The van der Waals surface area contributed by atoms with Gasteiger partial charge in [0.25, 0.3) is 0 Å². The second kappa shape index (κ2) is 8.53. The van der Waals surface area contributed by atoms with Crippen molar-refractivity contribution >= 4 is 0 Å². The number of hydrogen-bond acceptors (Lipinski definition) is 3. The predicted octanol–water partition coefficient (Wildman–Crippen LogP) is 3.83. The van der Waals surface area contributed by atoms with Gasteiger partial charge in [-0.3, -0.25) is 0 Å². The first kappa shape index (κ1) is 15.6. The van der Waals surface area contributed by atoms with Gasteiger partial charge in [0.15, 0.2) is 0 Å². The topological polar surface area (TPSA) is 34.4 Å². The normalized spacial score (nSPS) is 12.3. The zero-order valence-corrected chi connectivity index (χ0v) is 13.0. The summed E-state index contributed by atoms with van der Waals surface area (Å²) in [7, 11) is 1.70. The molecule has 0 aliphatic rings. The zero-order chi connectivity index (χ0) is 14.9. The number of benzene rings is 1. The lowest BCUT2D eigenvalue weighted by Crippen LogP contribution is -2.32. The molecule has 1 N–H and O–H groups in total. The van der Waals surface area contributed by atoms with Crippen molar-refractivity contribution < 1.29 is 9.15 Å². The van der Waals surface area contributed by atoms with Crippen molar-refractivity contribution in [1.82, 2.24) is 5.32 Å². The van der Waals surface area contributed by atoms with Crippen LogP contribution in [0, 0.1) is 0 Å².